The van der Waals surface area contributed by atoms with E-state index in [1.165, 1.54) is 0 Å². The maximum Gasteiger partial charge on any atom is 0.407 e. The summed E-state index contributed by atoms with van der Waals surface area (Å²) in [5.41, 5.74) is 5.16. The highest BCUT2D eigenvalue weighted by Crippen LogP contribution is 2.44. The van der Waals surface area contributed by atoms with Crippen LogP contribution in [0.25, 0.3) is 11.1 Å². The van der Waals surface area contributed by atoms with E-state index in [-0.39, 0.29) is 51.6 Å². The molecule has 0 saturated heterocycles. The van der Waals surface area contributed by atoms with Crippen molar-refractivity contribution in [1.29, 1.82) is 0 Å². The molecule has 1 aliphatic rings. The molecule has 0 fully saturated rings. The molecule has 0 spiro atoms. The summed E-state index contributed by atoms with van der Waals surface area (Å²) in [5.74, 6) is -2.47. The lowest BCUT2D eigenvalue weighted by atomic mass is 9.98. The Morgan fingerprint density at radius 2 is 1.45 bits per heavy atom. The number of ether oxygens (including phenoxy) is 3. The van der Waals surface area contributed by atoms with Crippen LogP contribution < -0.4 is 21.3 Å². The molecule has 0 unspecified atom stereocenters. The van der Waals surface area contributed by atoms with Gasteiger partial charge in [-0.2, -0.15) is 0 Å². The van der Waals surface area contributed by atoms with Gasteiger partial charge in [0.2, 0.25) is 11.8 Å². The molecule has 4 atom stereocenters. The highest BCUT2D eigenvalue weighted by atomic mass is 16.6. The summed E-state index contributed by atoms with van der Waals surface area (Å²) in [6, 6.07) is 23.1. The molecule has 310 valence electrons. The lowest BCUT2D eigenvalue weighted by Gasteiger charge is -2.24. The number of nitrogens with one attached hydrogen (secondary N) is 4. The van der Waals surface area contributed by atoms with E-state index in [1.54, 1.807) is 19.1 Å². The van der Waals surface area contributed by atoms with Crippen LogP contribution in [-0.4, -0.2) is 79.6 Å². The third-order valence-corrected chi connectivity index (χ3v) is 9.75. The molecule has 0 saturated carbocycles. The number of unbranched alkanes of at least 4 members (excludes halogenated alkanes) is 1. The average molecular weight is 797 g/mol. The van der Waals surface area contributed by atoms with Gasteiger partial charge in [0.15, 0.2) is 0 Å². The monoisotopic (exact) mass is 796 g/mol. The highest BCUT2D eigenvalue weighted by Gasteiger charge is 2.31. The minimum atomic E-state index is -1.05. The van der Waals surface area contributed by atoms with Gasteiger partial charge in [-0.1, -0.05) is 91.0 Å². The Balaban J connectivity index is 1.35. The number of esters is 1. The molecular weight excluding hydrogens is 741 g/mol. The number of hydrogen-bond donors (Lipinski definition) is 5. The van der Waals surface area contributed by atoms with Crippen LogP contribution in [0.15, 0.2) is 104 Å². The van der Waals surface area contributed by atoms with Gasteiger partial charge in [0.1, 0.15) is 25.9 Å². The van der Waals surface area contributed by atoms with Crippen molar-refractivity contribution >= 4 is 30.0 Å². The van der Waals surface area contributed by atoms with Crippen LogP contribution in [0.5, 0.6) is 0 Å². The van der Waals surface area contributed by atoms with Crippen LogP contribution >= 0.6 is 0 Å². The maximum absolute atomic E-state index is 13.5. The second-order valence-electron chi connectivity index (χ2n) is 14.3. The van der Waals surface area contributed by atoms with E-state index in [4.69, 9.17) is 14.2 Å². The second kappa shape index (κ2) is 24.0. The summed E-state index contributed by atoms with van der Waals surface area (Å²) in [6.07, 6.45) is 3.96. The van der Waals surface area contributed by atoms with Gasteiger partial charge in [-0.05, 0) is 73.3 Å². The van der Waals surface area contributed by atoms with E-state index in [0.29, 0.717) is 32.2 Å². The summed E-state index contributed by atoms with van der Waals surface area (Å²) < 4.78 is 16.7. The largest absolute Gasteiger partial charge is 0.462 e. The van der Waals surface area contributed by atoms with Gasteiger partial charge in [-0.15, -0.1) is 13.2 Å². The van der Waals surface area contributed by atoms with Gasteiger partial charge < -0.3 is 40.6 Å². The Hall–Kier alpha value is -5.95. The van der Waals surface area contributed by atoms with Gasteiger partial charge in [-0.3, -0.25) is 9.59 Å². The maximum atomic E-state index is 13.5. The molecular formula is C45H56N4O9. The molecule has 0 heterocycles. The molecule has 13 nitrogen and oxygen atoms in total. The second-order valence-corrected chi connectivity index (χ2v) is 14.3. The topological polar surface area (TPSA) is 181 Å². The number of hydrogen-bond acceptors (Lipinski definition) is 9. The van der Waals surface area contributed by atoms with Crippen molar-refractivity contribution < 1.29 is 43.3 Å². The van der Waals surface area contributed by atoms with Gasteiger partial charge in [0, 0.05) is 24.9 Å². The number of carbonyl (C=O) groups excluding carboxylic acids is 5. The molecule has 0 aliphatic heterocycles. The van der Waals surface area contributed by atoms with Crippen molar-refractivity contribution in [2.24, 2.45) is 5.92 Å². The van der Waals surface area contributed by atoms with Crippen molar-refractivity contribution in [3.8, 4) is 11.1 Å². The first kappa shape index (κ1) is 44.8. The average Bonchev–Trinajstić information content (AvgIpc) is 3.55. The zero-order valence-corrected chi connectivity index (χ0v) is 33.2. The number of alkyl carbamates (subject to hydrolysis) is 2. The van der Waals surface area contributed by atoms with Gasteiger partial charge in [-0.25, -0.2) is 14.4 Å². The minimum Gasteiger partial charge on any atom is -0.462 e. The standard InChI is InChI=1S/C45H56N4O9/c1-4-6-24-40(49-45(55)58-30-39-37-22-12-10-20-35(37)36-21-11-13-23-38(36)39)43(53)56-29-34(48-42(52)33(16-5-2)26-41(51)47-31(3)27-50)19-14-15-25-46-44(54)57-28-32-17-8-7-9-18-32/h4-5,7-13,17-18,20-23,31,33-34,39-40,50H,1-2,6,14-16,19,24-30H2,3H3,(H,46,54)(H,47,51)(H,48,52)(H,49,55)/t31-,33+,34-,40-/m0/s1. The van der Waals surface area contributed by atoms with Crippen LogP contribution in [0.4, 0.5) is 9.59 Å². The molecule has 0 radical (unpaired) electrons. The first-order chi connectivity index (χ1) is 28.1. The molecule has 3 aromatic carbocycles. The molecule has 0 aromatic heterocycles. The van der Waals surface area contributed by atoms with Crippen LogP contribution in [0.1, 0.15) is 74.5 Å². The SMILES string of the molecule is C=CCC[C@H](NC(=O)OCC1c2ccccc2-c2ccccc21)C(=O)OC[C@H](CCCCNC(=O)OCc1ccccc1)NC(=O)[C@H](CC=C)CC(=O)N[C@@H](C)CO. The zero-order valence-electron chi connectivity index (χ0n) is 33.2. The van der Waals surface area contributed by atoms with Crippen molar-refractivity contribution in [1.82, 2.24) is 21.3 Å². The van der Waals surface area contributed by atoms with Crippen LogP contribution in [-0.2, 0) is 35.2 Å². The number of aliphatic hydroxyl groups excluding tert-OH is 1. The molecule has 1 aliphatic carbocycles. The highest BCUT2D eigenvalue weighted by molar-refractivity contribution is 5.86. The predicted molar refractivity (Wildman–Crippen MR) is 220 cm³/mol. The summed E-state index contributed by atoms with van der Waals surface area (Å²) in [5, 5.41) is 20.3. The number of aliphatic hydroxyl groups is 1. The Labute approximate surface area is 340 Å². The Morgan fingerprint density at radius 3 is 2.10 bits per heavy atom. The molecule has 0 bridgehead atoms. The molecule has 4 rings (SSSR count). The van der Waals surface area contributed by atoms with E-state index < -0.39 is 54.0 Å². The summed E-state index contributed by atoms with van der Waals surface area (Å²) in [7, 11) is 0. The van der Waals surface area contributed by atoms with Crippen LogP contribution in [0, 0.1) is 5.92 Å². The van der Waals surface area contributed by atoms with E-state index in [9.17, 15) is 29.1 Å². The van der Waals surface area contributed by atoms with Gasteiger partial charge in [0.05, 0.1) is 18.6 Å². The van der Waals surface area contributed by atoms with Crippen molar-refractivity contribution in [2.75, 3.05) is 26.4 Å². The number of benzene rings is 3. The van der Waals surface area contributed by atoms with Crippen LogP contribution in [0.2, 0.25) is 0 Å². The molecule has 5 N–H and O–H groups in total. The number of amides is 4. The number of carbonyl (C=O) groups is 5. The van der Waals surface area contributed by atoms with Crippen LogP contribution in [0.3, 0.4) is 0 Å². The zero-order chi connectivity index (χ0) is 41.7. The Kier molecular flexibility index (Phi) is 18.5. The molecule has 58 heavy (non-hydrogen) atoms. The van der Waals surface area contributed by atoms with E-state index in [2.05, 4.69) is 34.4 Å². The third-order valence-electron chi connectivity index (χ3n) is 9.75. The van der Waals surface area contributed by atoms with E-state index in [0.717, 1.165) is 27.8 Å². The quantitative estimate of drug-likeness (QED) is 0.0312. The predicted octanol–water partition coefficient (Wildman–Crippen LogP) is 6.06. The van der Waals surface area contributed by atoms with Crippen molar-refractivity contribution in [3.63, 3.8) is 0 Å². The molecule has 13 heteroatoms. The summed E-state index contributed by atoms with van der Waals surface area (Å²) >= 11 is 0. The normalized spacial score (nSPS) is 13.6. The molecule has 4 amide bonds. The van der Waals surface area contributed by atoms with E-state index in [1.807, 2.05) is 78.9 Å². The number of fused-ring (bicyclic) bond motifs is 3. The third kappa shape index (κ3) is 14.2. The van der Waals surface area contributed by atoms with Gasteiger partial charge in [0.25, 0.3) is 0 Å². The van der Waals surface area contributed by atoms with Gasteiger partial charge >= 0.3 is 18.2 Å². The van der Waals surface area contributed by atoms with E-state index >= 15 is 0 Å². The minimum absolute atomic E-state index is 0.0691. The van der Waals surface area contributed by atoms with Crippen molar-refractivity contribution in [3.05, 3.63) is 121 Å². The lowest BCUT2D eigenvalue weighted by molar-refractivity contribution is -0.147. The fraction of sp³-hybridized carbons (Fsp3) is 0.400. The first-order valence-corrected chi connectivity index (χ1v) is 19.8. The smallest absolute Gasteiger partial charge is 0.407 e. The lowest BCUT2D eigenvalue weighted by Crippen LogP contribution is -2.46. The number of rotatable bonds is 24. The molecule has 3 aromatic rings. The Bertz CT molecular complexity index is 1790. The Morgan fingerprint density at radius 1 is 0.776 bits per heavy atom. The summed E-state index contributed by atoms with van der Waals surface area (Å²) in [4.78, 5) is 65.0. The fourth-order valence-electron chi connectivity index (χ4n) is 6.68. The summed E-state index contributed by atoms with van der Waals surface area (Å²) in [6.45, 7) is 9.16. The fourth-order valence-corrected chi connectivity index (χ4v) is 6.68. The van der Waals surface area contributed by atoms with Crippen molar-refractivity contribution in [2.45, 2.75) is 82.5 Å². The number of allylic oxidation sites excluding steroid dienone is 2. The first-order valence-electron chi connectivity index (χ1n) is 19.8.